The van der Waals surface area contributed by atoms with Gasteiger partial charge in [0.2, 0.25) is 0 Å². The summed E-state index contributed by atoms with van der Waals surface area (Å²) in [5, 5.41) is 7.57. The number of hydrogen-bond donors (Lipinski definition) is 0. The lowest BCUT2D eigenvalue weighted by molar-refractivity contribution is 0.660. The number of benzene rings is 10. The molecule has 0 spiro atoms. The first kappa shape index (κ1) is 34.1. The van der Waals surface area contributed by atoms with Crippen molar-refractivity contribution in [2.45, 2.75) is 19.3 Å². The molecule has 0 amide bonds. The minimum atomic E-state index is -0.185. The van der Waals surface area contributed by atoms with Crippen LogP contribution in [0.3, 0.4) is 0 Å². The van der Waals surface area contributed by atoms with Gasteiger partial charge in [-0.2, -0.15) is 0 Å². The van der Waals surface area contributed by atoms with Crippen molar-refractivity contribution >= 4 is 49.4 Å². The van der Waals surface area contributed by atoms with Crippen LogP contribution in [-0.4, -0.2) is 0 Å². The molecule has 0 aliphatic heterocycles. The number of rotatable bonds is 6. The lowest BCUT2D eigenvalue weighted by atomic mass is 9.81. The van der Waals surface area contributed by atoms with Gasteiger partial charge in [0.15, 0.2) is 0 Å². The van der Waals surface area contributed by atoms with Crippen LogP contribution < -0.4 is 4.90 Å². The van der Waals surface area contributed by atoms with Crippen molar-refractivity contribution in [1.29, 1.82) is 0 Å². The molecule has 1 aliphatic rings. The third-order valence-electron chi connectivity index (χ3n) is 12.5. The zero-order chi connectivity index (χ0) is 38.8. The maximum absolute atomic E-state index is 2.43. The molecule has 0 heterocycles. The molecule has 1 nitrogen and oxygen atoms in total. The van der Waals surface area contributed by atoms with Gasteiger partial charge in [-0.1, -0.05) is 178 Å². The summed E-state index contributed by atoms with van der Waals surface area (Å²) in [6.45, 7) is 4.77. The fourth-order valence-electron chi connectivity index (χ4n) is 9.39. The largest absolute Gasteiger partial charge is 0.310 e. The van der Waals surface area contributed by atoms with Crippen molar-refractivity contribution in [2.24, 2.45) is 0 Å². The average Bonchev–Trinajstić information content (AvgIpc) is 3.51. The monoisotopic (exact) mass is 739 g/mol. The standard InChI is InChI=1S/C57H41N/c1-57(2)55-36-45(44-22-21-38-11-3-4-14-43(38)35-44)27-33-53(55)54-34-32-48(37-56(54)57)58(46-28-23-41(24-29-46)51-19-9-15-39-12-5-7-17-49(39)51)47-30-25-42(26-31-47)52-20-10-16-40-13-6-8-18-50(40)52/h3-37H,1-2H3. The first-order valence-corrected chi connectivity index (χ1v) is 20.2. The summed E-state index contributed by atoms with van der Waals surface area (Å²) in [7, 11) is 0. The van der Waals surface area contributed by atoms with E-state index < -0.39 is 0 Å². The molecule has 0 saturated heterocycles. The van der Waals surface area contributed by atoms with Crippen molar-refractivity contribution in [3.05, 3.63) is 223 Å². The van der Waals surface area contributed by atoms with Crippen LogP contribution in [0.25, 0.3) is 76.8 Å². The Hall–Kier alpha value is -7.22. The van der Waals surface area contributed by atoms with E-state index in [9.17, 15) is 0 Å². The van der Waals surface area contributed by atoms with E-state index in [1.165, 1.54) is 88.0 Å². The topological polar surface area (TPSA) is 3.24 Å². The Bertz CT molecular complexity index is 3050. The van der Waals surface area contributed by atoms with E-state index in [-0.39, 0.29) is 5.41 Å². The normalized spacial score (nSPS) is 12.8. The molecule has 0 N–H and O–H groups in total. The van der Waals surface area contributed by atoms with Crippen molar-refractivity contribution in [2.75, 3.05) is 4.90 Å². The first-order valence-electron chi connectivity index (χ1n) is 20.2. The van der Waals surface area contributed by atoms with Gasteiger partial charge in [0.1, 0.15) is 0 Å². The van der Waals surface area contributed by atoms with Crippen molar-refractivity contribution in [1.82, 2.24) is 0 Å². The molecule has 0 aromatic heterocycles. The van der Waals surface area contributed by atoms with Gasteiger partial charge in [-0.15, -0.1) is 0 Å². The SMILES string of the molecule is CC1(C)c2cc(-c3ccc4ccccc4c3)ccc2-c2ccc(N(c3ccc(-c4cccc5ccccc45)cc3)c3ccc(-c4cccc5ccccc45)cc3)cc21. The Kier molecular flexibility index (Phi) is 7.91. The van der Waals surface area contributed by atoms with Crippen LogP contribution in [0.5, 0.6) is 0 Å². The minimum Gasteiger partial charge on any atom is -0.310 e. The molecule has 0 fully saturated rings. The molecule has 0 unspecified atom stereocenters. The van der Waals surface area contributed by atoms with Crippen LogP contribution in [0.15, 0.2) is 212 Å². The highest BCUT2D eigenvalue weighted by Crippen LogP contribution is 2.52. The van der Waals surface area contributed by atoms with Crippen molar-refractivity contribution < 1.29 is 0 Å². The molecule has 10 aromatic carbocycles. The Morgan fingerprint density at radius 2 is 0.724 bits per heavy atom. The minimum absolute atomic E-state index is 0.185. The second-order valence-electron chi connectivity index (χ2n) is 16.2. The highest BCUT2D eigenvalue weighted by Gasteiger charge is 2.36. The van der Waals surface area contributed by atoms with Gasteiger partial charge in [0.25, 0.3) is 0 Å². The van der Waals surface area contributed by atoms with Gasteiger partial charge in [0.05, 0.1) is 0 Å². The van der Waals surface area contributed by atoms with Crippen LogP contribution in [0, 0.1) is 0 Å². The van der Waals surface area contributed by atoms with Crippen molar-refractivity contribution in [3.63, 3.8) is 0 Å². The van der Waals surface area contributed by atoms with Gasteiger partial charge in [-0.3, -0.25) is 0 Å². The number of anilines is 3. The van der Waals surface area contributed by atoms with E-state index in [2.05, 4.69) is 231 Å². The van der Waals surface area contributed by atoms with Gasteiger partial charge in [0, 0.05) is 22.5 Å². The first-order chi connectivity index (χ1) is 28.5. The Morgan fingerprint density at radius 3 is 1.33 bits per heavy atom. The van der Waals surface area contributed by atoms with Crippen LogP contribution in [0.2, 0.25) is 0 Å². The molecule has 10 aromatic rings. The predicted molar refractivity (Wildman–Crippen MR) is 248 cm³/mol. The molecular weight excluding hydrogens is 699 g/mol. The zero-order valence-corrected chi connectivity index (χ0v) is 32.7. The molecular formula is C57H41N. The molecule has 1 heteroatoms. The molecule has 11 rings (SSSR count). The second kappa shape index (κ2) is 13.5. The maximum atomic E-state index is 2.43. The van der Waals surface area contributed by atoms with Crippen LogP contribution in [0.4, 0.5) is 17.1 Å². The highest BCUT2D eigenvalue weighted by atomic mass is 15.1. The van der Waals surface area contributed by atoms with Gasteiger partial charge in [-0.05, 0) is 136 Å². The number of hydrogen-bond acceptors (Lipinski definition) is 1. The zero-order valence-electron chi connectivity index (χ0n) is 32.7. The predicted octanol–water partition coefficient (Wildman–Crippen LogP) is 15.9. The van der Waals surface area contributed by atoms with Crippen molar-refractivity contribution in [3.8, 4) is 44.5 Å². The quantitative estimate of drug-likeness (QED) is 0.164. The fourth-order valence-corrected chi connectivity index (χ4v) is 9.39. The molecule has 274 valence electrons. The smallest absolute Gasteiger partial charge is 0.0465 e. The third kappa shape index (κ3) is 5.62. The number of nitrogens with zero attached hydrogens (tertiary/aromatic N) is 1. The summed E-state index contributed by atoms with van der Waals surface area (Å²) in [6.07, 6.45) is 0. The molecule has 0 atom stereocenters. The summed E-state index contributed by atoms with van der Waals surface area (Å²) in [6, 6.07) is 78.2. The van der Waals surface area contributed by atoms with E-state index in [4.69, 9.17) is 0 Å². The lowest BCUT2D eigenvalue weighted by Crippen LogP contribution is -2.16. The maximum Gasteiger partial charge on any atom is 0.0465 e. The third-order valence-corrected chi connectivity index (χ3v) is 12.5. The second-order valence-corrected chi connectivity index (χ2v) is 16.2. The van der Waals surface area contributed by atoms with E-state index in [0.29, 0.717) is 0 Å². The Morgan fingerprint density at radius 1 is 0.293 bits per heavy atom. The van der Waals surface area contributed by atoms with Crippen LogP contribution in [0.1, 0.15) is 25.0 Å². The molecule has 0 bridgehead atoms. The fraction of sp³-hybridized carbons (Fsp3) is 0.0526. The van der Waals surface area contributed by atoms with Gasteiger partial charge in [-0.25, -0.2) is 0 Å². The molecule has 1 aliphatic carbocycles. The molecule has 58 heavy (non-hydrogen) atoms. The van der Waals surface area contributed by atoms with E-state index in [1.807, 2.05) is 0 Å². The van der Waals surface area contributed by atoms with Gasteiger partial charge < -0.3 is 4.90 Å². The van der Waals surface area contributed by atoms with Crippen LogP contribution >= 0.6 is 0 Å². The van der Waals surface area contributed by atoms with Gasteiger partial charge >= 0.3 is 0 Å². The summed E-state index contributed by atoms with van der Waals surface area (Å²) in [5.74, 6) is 0. The lowest BCUT2D eigenvalue weighted by Gasteiger charge is -2.28. The van der Waals surface area contributed by atoms with E-state index in [1.54, 1.807) is 0 Å². The van der Waals surface area contributed by atoms with Crippen LogP contribution in [-0.2, 0) is 5.41 Å². The highest BCUT2D eigenvalue weighted by molar-refractivity contribution is 5.98. The molecule has 0 radical (unpaired) electrons. The average molecular weight is 740 g/mol. The summed E-state index contributed by atoms with van der Waals surface area (Å²) >= 11 is 0. The Labute approximate surface area is 340 Å². The summed E-state index contributed by atoms with van der Waals surface area (Å²) in [5.41, 5.74) is 16.0. The number of fused-ring (bicyclic) bond motifs is 6. The summed E-state index contributed by atoms with van der Waals surface area (Å²) in [4.78, 5) is 2.42. The van der Waals surface area contributed by atoms with E-state index >= 15 is 0 Å². The Balaban J connectivity index is 1.01. The summed E-state index contributed by atoms with van der Waals surface area (Å²) < 4.78 is 0. The van der Waals surface area contributed by atoms with E-state index in [0.717, 1.165) is 17.1 Å². The molecule has 0 saturated carbocycles.